The van der Waals surface area contributed by atoms with Crippen molar-refractivity contribution in [1.29, 1.82) is 0 Å². The Morgan fingerprint density at radius 1 is 1.14 bits per heavy atom. The summed E-state index contributed by atoms with van der Waals surface area (Å²) in [5.41, 5.74) is 3.10. The molecule has 14 heavy (non-hydrogen) atoms. The number of allylic oxidation sites excluding steroid dienone is 2. The van der Waals surface area contributed by atoms with Crippen LogP contribution in [0.1, 0.15) is 23.0 Å². The van der Waals surface area contributed by atoms with Crippen LogP contribution < -0.4 is 4.74 Å². The van der Waals surface area contributed by atoms with E-state index in [1.165, 1.54) is 5.56 Å². The van der Waals surface area contributed by atoms with Crippen LogP contribution in [0.2, 0.25) is 0 Å². The zero-order chi connectivity index (χ0) is 9.28. The highest BCUT2D eigenvalue weighted by Crippen LogP contribution is 2.71. The Morgan fingerprint density at radius 2 is 2.07 bits per heavy atom. The zero-order valence-electron chi connectivity index (χ0n) is 8.10. The fourth-order valence-corrected chi connectivity index (χ4v) is 3.44. The summed E-state index contributed by atoms with van der Waals surface area (Å²) in [6.45, 7) is 0. The number of fused-ring (bicyclic) bond motifs is 4. The van der Waals surface area contributed by atoms with Gasteiger partial charge in [-0.3, -0.25) is 0 Å². The maximum Gasteiger partial charge on any atom is 0.119 e. The van der Waals surface area contributed by atoms with Gasteiger partial charge in [-0.25, -0.2) is 0 Å². The van der Waals surface area contributed by atoms with E-state index >= 15 is 0 Å². The van der Waals surface area contributed by atoms with Gasteiger partial charge in [-0.15, -0.1) is 0 Å². The second kappa shape index (κ2) is 2.05. The first-order valence-corrected chi connectivity index (χ1v) is 5.26. The molecule has 0 aliphatic heterocycles. The molecule has 0 spiro atoms. The van der Waals surface area contributed by atoms with Crippen molar-refractivity contribution in [3.63, 3.8) is 0 Å². The third-order valence-electron chi connectivity index (χ3n) is 4.10. The lowest BCUT2D eigenvalue weighted by atomic mass is 9.98. The van der Waals surface area contributed by atoms with Gasteiger partial charge in [0.15, 0.2) is 0 Å². The summed E-state index contributed by atoms with van der Waals surface area (Å²) in [7, 11) is 1.74. The van der Waals surface area contributed by atoms with Crippen molar-refractivity contribution in [3.05, 3.63) is 41.5 Å². The minimum absolute atomic E-state index is 0.704. The van der Waals surface area contributed by atoms with E-state index in [0.29, 0.717) is 5.92 Å². The van der Waals surface area contributed by atoms with Gasteiger partial charge in [0.2, 0.25) is 0 Å². The average molecular weight is 184 g/mol. The van der Waals surface area contributed by atoms with E-state index < -0.39 is 0 Å². The van der Waals surface area contributed by atoms with Crippen LogP contribution in [0.15, 0.2) is 30.4 Å². The Balaban J connectivity index is 1.92. The third-order valence-corrected chi connectivity index (χ3v) is 4.10. The van der Waals surface area contributed by atoms with E-state index in [9.17, 15) is 0 Å². The summed E-state index contributed by atoms with van der Waals surface area (Å²) < 4.78 is 5.27. The summed E-state index contributed by atoms with van der Waals surface area (Å²) in [5, 5.41) is 0. The first-order chi connectivity index (χ1) is 6.90. The molecule has 4 atom stereocenters. The molecule has 1 fully saturated rings. The predicted octanol–water partition coefficient (Wildman–Crippen LogP) is 2.69. The SMILES string of the molecule is COc1ccc2c(c1)[C@H]1C=C[C@@H]3[C@@H]2[C@H]31. The van der Waals surface area contributed by atoms with Gasteiger partial charge in [0.1, 0.15) is 5.75 Å². The summed E-state index contributed by atoms with van der Waals surface area (Å²) in [5.74, 6) is 4.35. The highest BCUT2D eigenvalue weighted by Gasteiger charge is 2.61. The molecule has 3 aliphatic rings. The Bertz CT molecular complexity index is 447. The van der Waals surface area contributed by atoms with Crippen molar-refractivity contribution in [3.8, 4) is 5.75 Å². The molecule has 3 aliphatic carbocycles. The molecule has 0 radical (unpaired) electrons. The van der Waals surface area contributed by atoms with E-state index in [0.717, 1.165) is 23.5 Å². The Hall–Kier alpha value is -1.24. The van der Waals surface area contributed by atoms with Crippen LogP contribution in [0.4, 0.5) is 0 Å². The highest BCUT2D eigenvalue weighted by atomic mass is 16.5. The average Bonchev–Trinajstić information content (AvgIpc) is 2.68. The minimum atomic E-state index is 0.704. The lowest BCUT2D eigenvalue weighted by molar-refractivity contribution is 0.414. The number of benzene rings is 1. The van der Waals surface area contributed by atoms with E-state index in [2.05, 4.69) is 30.4 Å². The van der Waals surface area contributed by atoms with Crippen LogP contribution in [0.3, 0.4) is 0 Å². The summed E-state index contributed by atoms with van der Waals surface area (Å²) in [6, 6.07) is 6.58. The molecular weight excluding hydrogens is 172 g/mol. The topological polar surface area (TPSA) is 9.23 Å². The molecule has 0 aromatic heterocycles. The summed E-state index contributed by atoms with van der Waals surface area (Å²) in [6.07, 6.45) is 4.80. The standard InChI is InChI=1S/C13H12O/c1-14-7-2-3-8-11(6-7)9-4-5-10-12(8)13(9)10/h2-6,9-10,12-13H,1H3/t9-,10-,12-,13+/m1/s1. The van der Waals surface area contributed by atoms with Gasteiger partial charge < -0.3 is 4.74 Å². The molecule has 1 nitrogen and oxygen atoms in total. The lowest BCUT2D eigenvalue weighted by Crippen LogP contribution is -1.94. The molecule has 4 rings (SSSR count). The van der Waals surface area contributed by atoms with Crippen molar-refractivity contribution in [2.75, 3.05) is 7.11 Å². The molecule has 70 valence electrons. The van der Waals surface area contributed by atoms with Gasteiger partial charge in [-0.05, 0) is 41.0 Å². The molecule has 0 bridgehead atoms. The van der Waals surface area contributed by atoms with Crippen LogP contribution in [0.25, 0.3) is 0 Å². The normalized spacial score (nSPS) is 39.5. The molecule has 0 saturated heterocycles. The molecule has 1 saturated carbocycles. The van der Waals surface area contributed by atoms with Crippen molar-refractivity contribution < 1.29 is 4.74 Å². The largest absolute Gasteiger partial charge is 0.497 e. The summed E-state index contributed by atoms with van der Waals surface area (Å²) >= 11 is 0. The number of hydrogen-bond acceptors (Lipinski definition) is 1. The molecule has 0 N–H and O–H groups in total. The Morgan fingerprint density at radius 3 is 2.93 bits per heavy atom. The van der Waals surface area contributed by atoms with Crippen LogP contribution in [-0.2, 0) is 0 Å². The molecule has 0 unspecified atom stereocenters. The molecule has 1 heteroatoms. The van der Waals surface area contributed by atoms with Gasteiger partial charge in [0.05, 0.1) is 7.11 Å². The third kappa shape index (κ3) is 0.617. The van der Waals surface area contributed by atoms with E-state index in [1.807, 2.05) is 0 Å². The molecule has 0 amide bonds. The van der Waals surface area contributed by atoms with Gasteiger partial charge in [-0.1, -0.05) is 18.2 Å². The lowest BCUT2D eigenvalue weighted by Gasteiger charge is -2.09. The first-order valence-electron chi connectivity index (χ1n) is 5.26. The number of rotatable bonds is 1. The fraction of sp³-hybridized carbons (Fsp3) is 0.385. The number of hydrogen-bond donors (Lipinski definition) is 0. The molecule has 1 aromatic rings. The van der Waals surface area contributed by atoms with Crippen molar-refractivity contribution in [2.45, 2.75) is 11.8 Å². The minimum Gasteiger partial charge on any atom is -0.497 e. The van der Waals surface area contributed by atoms with Crippen LogP contribution >= 0.6 is 0 Å². The van der Waals surface area contributed by atoms with Crippen molar-refractivity contribution in [2.24, 2.45) is 11.8 Å². The molecule has 0 heterocycles. The quantitative estimate of drug-likeness (QED) is 0.610. The fourth-order valence-electron chi connectivity index (χ4n) is 3.44. The maximum atomic E-state index is 5.27. The first kappa shape index (κ1) is 7.10. The van der Waals surface area contributed by atoms with Gasteiger partial charge in [-0.2, -0.15) is 0 Å². The van der Waals surface area contributed by atoms with Crippen LogP contribution in [-0.4, -0.2) is 7.11 Å². The monoisotopic (exact) mass is 184 g/mol. The second-order valence-corrected chi connectivity index (χ2v) is 4.59. The van der Waals surface area contributed by atoms with Crippen LogP contribution in [0.5, 0.6) is 5.75 Å². The smallest absolute Gasteiger partial charge is 0.119 e. The Kier molecular flexibility index (Phi) is 1.04. The van der Waals surface area contributed by atoms with E-state index in [1.54, 1.807) is 12.7 Å². The van der Waals surface area contributed by atoms with Gasteiger partial charge in [0, 0.05) is 5.92 Å². The van der Waals surface area contributed by atoms with E-state index in [4.69, 9.17) is 4.74 Å². The van der Waals surface area contributed by atoms with E-state index in [-0.39, 0.29) is 0 Å². The molecule has 1 aromatic carbocycles. The number of methoxy groups -OCH3 is 1. The molecular formula is C13H12O. The van der Waals surface area contributed by atoms with Crippen molar-refractivity contribution in [1.82, 2.24) is 0 Å². The van der Waals surface area contributed by atoms with Gasteiger partial charge in [0.25, 0.3) is 0 Å². The van der Waals surface area contributed by atoms with Gasteiger partial charge >= 0.3 is 0 Å². The second-order valence-electron chi connectivity index (χ2n) is 4.59. The number of ether oxygens (including phenoxy) is 1. The van der Waals surface area contributed by atoms with Crippen LogP contribution in [0, 0.1) is 11.8 Å². The highest BCUT2D eigenvalue weighted by molar-refractivity contribution is 5.56. The maximum absolute atomic E-state index is 5.27. The zero-order valence-corrected chi connectivity index (χ0v) is 8.10. The Labute approximate surface area is 83.4 Å². The van der Waals surface area contributed by atoms with Crippen molar-refractivity contribution >= 4 is 0 Å². The predicted molar refractivity (Wildman–Crippen MR) is 54.6 cm³/mol. The summed E-state index contributed by atoms with van der Waals surface area (Å²) in [4.78, 5) is 0.